The third-order valence-corrected chi connectivity index (χ3v) is 4.40. The second-order valence-electron chi connectivity index (χ2n) is 6.19. The minimum absolute atomic E-state index is 0.0389. The van der Waals surface area contributed by atoms with Gasteiger partial charge in [-0.15, -0.1) is 0 Å². The molecular formula is C17H25NO8. The quantitative estimate of drug-likeness (QED) is 0.352. The van der Waals surface area contributed by atoms with E-state index in [9.17, 15) is 20.1 Å². The van der Waals surface area contributed by atoms with Crippen molar-refractivity contribution in [3.05, 3.63) is 35.9 Å². The first-order valence-corrected chi connectivity index (χ1v) is 8.19. The summed E-state index contributed by atoms with van der Waals surface area (Å²) in [6.07, 6.45) is -6.13. The van der Waals surface area contributed by atoms with E-state index in [4.69, 9.17) is 25.1 Å². The Hall–Kier alpha value is -1.59. The van der Waals surface area contributed by atoms with Crippen molar-refractivity contribution in [3.63, 3.8) is 0 Å². The summed E-state index contributed by atoms with van der Waals surface area (Å²) in [6, 6.07) is 7.83. The fourth-order valence-corrected chi connectivity index (χ4v) is 2.78. The molecule has 1 aliphatic rings. The smallest absolute Gasteiger partial charge is 0.367 e. The Morgan fingerprint density at radius 2 is 2.04 bits per heavy atom. The van der Waals surface area contributed by atoms with E-state index < -0.39 is 48.8 Å². The molecule has 6 N–H and O–H groups in total. The van der Waals surface area contributed by atoms with E-state index in [1.54, 1.807) is 24.3 Å². The normalized spacial score (nSPS) is 31.2. The Kier molecular flexibility index (Phi) is 7.07. The van der Waals surface area contributed by atoms with E-state index in [2.05, 4.69) is 0 Å². The average molecular weight is 371 g/mol. The highest BCUT2D eigenvalue weighted by Crippen LogP contribution is 2.33. The van der Waals surface area contributed by atoms with Crippen LogP contribution in [0.3, 0.4) is 0 Å². The molecule has 0 amide bonds. The molecule has 1 aliphatic heterocycles. The molecule has 146 valence electrons. The molecule has 1 fully saturated rings. The molecule has 0 radical (unpaired) electrons. The molecule has 0 aliphatic carbocycles. The number of esters is 1. The lowest BCUT2D eigenvalue weighted by molar-refractivity contribution is -0.304. The van der Waals surface area contributed by atoms with Gasteiger partial charge in [0.2, 0.25) is 0 Å². The predicted molar refractivity (Wildman–Crippen MR) is 88.5 cm³/mol. The largest absolute Gasteiger partial charge is 0.457 e. The molecule has 2 unspecified atom stereocenters. The Bertz CT molecular complexity index is 585. The number of aliphatic hydroxyl groups is 4. The van der Waals surface area contributed by atoms with Gasteiger partial charge in [0.25, 0.3) is 5.79 Å². The van der Waals surface area contributed by atoms with Crippen molar-refractivity contribution in [2.75, 3.05) is 13.7 Å². The Morgan fingerprint density at radius 3 is 2.62 bits per heavy atom. The van der Waals surface area contributed by atoms with Gasteiger partial charge in [-0.3, -0.25) is 0 Å². The van der Waals surface area contributed by atoms with Crippen LogP contribution in [0.15, 0.2) is 30.3 Å². The third-order valence-electron chi connectivity index (χ3n) is 4.40. The van der Waals surface area contributed by atoms with Gasteiger partial charge in [0.1, 0.15) is 24.9 Å². The molecule has 9 nitrogen and oxygen atoms in total. The minimum atomic E-state index is -2.00. The van der Waals surface area contributed by atoms with Crippen molar-refractivity contribution < 1.29 is 39.4 Å². The zero-order valence-electron chi connectivity index (χ0n) is 14.4. The highest BCUT2D eigenvalue weighted by molar-refractivity contribution is 5.78. The van der Waals surface area contributed by atoms with Crippen LogP contribution in [-0.4, -0.2) is 76.4 Å². The molecule has 1 heterocycles. The number of nitrogens with two attached hydrogens (primary N) is 1. The molecule has 1 aromatic carbocycles. The van der Waals surface area contributed by atoms with Crippen LogP contribution in [0, 0.1) is 0 Å². The molecule has 0 spiro atoms. The van der Waals surface area contributed by atoms with Crippen LogP contribution in [0.5, 0.6) is 0 Å². The lowest BCUT2D eigenvalue weighted by atomic mass is 9.89. The molecule has 0 saturated carbocycles. The summed E-state index contributed by atoms with van der Waals surface area (Å²) in [5.41, 5.74) is 6.56. The maximum absolute atomic E-state index is 12.6. The number of benzene rings is 1. The van der Waals surface area contributed by atoms with E-state index in [0.717, 1.165) is 5.56 Å². The van der Waals surface area contributed by atoms with E-state index in [1.807, 2.05) is 6.07 Å². The molecular weight excluding hydrogens is 346 g/mol. The first-order chi connectivity index (χ1) is 12.3. The van der Waals surface area contributed by atoms with Crippen LogP contribution in [-0.2, 0) is 25.6 Å². The summed E-state index contributed by atoms with van der Waals surface area (Å²) in [6.45, 7) is -0.787. The number of carbonyl (C=O) groups excluding carboxylic acids is 1. The van der Waals surface area contributed by atoms with Gasteiger partial charge in [0.05, 0.1) is 18.8 Å². The second-order valence-corrected chi connectivity index (χ2v) is 6.19. The number of hydrogen-bond acceptors (Lipinski definition) is 9. The first-order valence-electron chi connectivity index (χ1n) is 8.19. The van der Waals surface area contributed by atoms with E-state index in [1.165, 1.54) is 7.11 Å². The van der Waals surface area contributed by atoms with Crippen LogP contribution in [0.2, 0.25) is 0 Å². The van der Waals surface area contributed by atoms with Crippen molar-refractivity contribution >= 4 is 5.97 Å². The van der Waals surface area contributed by atoms with Gasteiger partial charge in [-0.25, -0.2) is 4.79 Å². The molecule has 6 atom stereocenters. The molecule has 0 aromatic heterocycles. The van der Waals surface area contributed by atoms with Gasteiger partial charge in [-0.05, 0) is 5.56 Å². The van der Waals surface area contributed by atoms with Crippen LogP contribution in [0.1, 0.15) is 12.0 Å². The highest BCUT2D eigenvalue weighted by atomic mass is 16.7. The monoisotopic (exact) mass is 371 g/mol. The fraction of sp³-hybridized carbons (Fsp3) is 0.588. The van der Waals surface area contributed by atoms with Gasteiger partial charge in [-0.2, -0.15) is 0 Å². The number of methoxy groups -OCH3 is 1. The molecule has 2 rings (SSSR count). The number of carbonyl (C=O) groups is 1. The first kappa shape index (κ1) is 20.7. The summed E-state index contributed by atoms with van der Waals surface area (Å²) in [5.74, 6) is -2.89. The maximum atomic E-state index is 12.6. The predicted octanol–water partition coefficient (Wildman–Crippen LogP) is -1.74. The van der Waals surface area contributed by atoms with Gasteiger partial charge < -0.3 is 40.4 Å². The summed E-state index contributed by atoms with van der Waals surface area (Å²) in [7, 11) is 1.19. The topological polar surface area (TPSA) is 152 Å². The molecule has 1 saturated heterocycles. The number of hydrogen-bond donors (Lipinski definition) is 5. The van der Waals surface area contributed by atoms with Crippen LogP contribution >= 0.6 is 0 Å². The Morgan fingerprint density at radius 1 is 1.38 bits per heavy atom. The Labute approximate surface area is 150 Å². The van der Waals surface area contributed by atoms with Crippen molar-refractivity contribution in [2.24, 2.45) is 5.73 Å². The molecule has 9 heteroatoms. The van der Waals surface area contributed by atoms with Crippen molar-refractivity contribution in [3.8, 4) is 0 Å². The van der Waals surface area contributed by atoms with Gasteiger partial charge >= 0.3 is 5.97 Å². The van der Waals surface area contributed by atoms with Crippen LogP contribution in [0.25, 0.3) is 0 Å². The van der Waals surface area contributed by atoms with Gasteiger partial charge in [0.15, 0.2) is 0 Å². The van der Waals surface area contributed by atoms with Crippen molar-refractivity contribution in [1.29, 1.82) is 0 Å². The summed E-state index contributed by atoms with van der Waals surface area (Å²) < 4.78 is 15.9. The maximum Gasteiger partial charge on any atom is 0.367 e. The molecule has 26 heavy (non-hydrogen) atoms. The SMILES string of the molecule is CO[C@]1(C(=O)OCc2ccccc2)C[C@@H](O)[C@@H](N)C([C@H](O)C(O)CO)O1. The number of rotatable bonds is 7. The van der Waals surface area contributed by atoms with E-state index in [0.29, 0.717) is 0 Å². The van der Waals surface area contributed by atoms with Crippen LogP contribution < -0.4 is 5.73 Å². The van der Waals surface area contributed by atoms with E-state index in [-0.39, 0.29) is 13.0 Å². The summed E-state index contributed by atoms with van der Waals surface area (Å²) in [5, 5.41) is 39.0. The minimum Gasteiger partial charge on any atom is -0.457 e. The van der Waals surface area contributed by atoms with Crippen molar-refractivity contribution in [2.45, 2.75) is 49.3 Å². The highest BCUT2D eigenvalue weighted by Gasteiger charge is 2.54. The van der Waals surface area contributed by atoms with E-state index >= 15 is 0 Å². The fourth-order valence-electron chi connectivity index (χ4n) is 2.78. The molecule has 0 bridgehead atoms. The second kappa shape index (κ2) is 8.87. The van der Waals surface area contributed by atoms with Gasteiger partial charge in [-0.1, -0.05) is 30.3 Å². The Balaban J connectivity index is 2.15. The lowest BCUT2D eigenvalue weighted by Gasteiger charge is -2.45. The summed E-state index contributed by atoms with van der Waals surface area (Å²) >= 11 is 0. The average Bonchev–Trinajstić information content (AvgIpc) is 2.67. The molecule has 1 aromatic rings. The third kappa shape index (κ3) is 4.38. The van der Waals surface area contributed by atoms with Crippen molar-refractivity contribution in [1.82, 2.24) is 0 Å². The number of aliphatic hydroxyl groups excluding tert-OH is 4. The zero-order chi connectivity index (χ0) is 19.3. The van der Waals surface area contributed by atoms with Gasteiger partial charge in [0, 0.05) is 13.5 Å². The lowest BCUT2D eigenvalue weighted by Crippen LogP contribution is -2.66. The number of ether oxygens (including phenoxy) is 3. The standard InChI is InChI=1S/C17H25NO8/c1-24-17(16(23)25-9-10-5-3-2-4-6-10)7-11(20)13(18)15(26-17)14(22)12(21)8-19/h2-6,11-15,19-22H,7-9,18H2,1H3/t11-,12?,13-,14-,15?,17-/m1/s1. The van der Waals surface area contributed by atoms with Crippen LogP contribution in [0.4, 0.5) is 0 Å². The zero-order valence-corrected chi connectivity index (χ0v) is 14.4. The summed E-state index contributed by atoms with van der Waals surface area (Å²) in [4.78, 5) is 12.6.